The third-order valence-electron chi connectivity index (χ3n) is 1.98. The molecule has 0 aliphatic carbocycles. The summed E-state index contributed by atoms with van der Waals surface area (Å²) in [7, 11) is 1.71. The van der Waals surface area contributed by atoms with Crippen LogP contribution in [0, 0.1) is 0 Å². The van der Waals surface area contributed by atoms with Gasteiger partial charge in [-0.3, -0.25) is 4.79 Å². The lowest BCUT2D eigenvalue weighted by Gasteiger charge is -2.15. The Morgan fingerprint density at radius 1 is 1.41 bits per heavy atom. The van der Waals surface area contributed by atoms with Gasteiger partial charge in [0.2, 0.25) is 9.62 Å². The Kier molecular flexibility index (Phi) is 3.98. The van der Waals surface area contributed by atoms with Crippen LogP contribution in [0.5, 0.6) is 0 Å². The number of aromatic nitrogens is 2. The molecule has 0 unspecified atom stereocenters. The number of carbonyl (C=O) groups excluding carboxylic acids is 1. The van der Waals surface area contributed by atoms with Crippen LogP contribution in [0.4, 0.5) is 10.5 Å². The van der Waals surface area contributed by atoms with Crippen LogP contribution < -0.4 is 4.90 Å². The van der Waals surface area contributed by atoms with Gasteiger partial charge >= 0.3 is 0 Å². The Labute approximate surface area is 112 Å². The minimum Gasteiger partial charge on any atom is -0.306 e. The average molecular weight is 286 g/mol. The van der Waals surface area contributed by atoms with Crippen molar-refractivity contribution in [3.05, 3.63) is 34.8 Å². The standard InChI is InChI=1S/C10H8ClN3OS2/c1-14(7-5-3-2-4-6-7)10(15)16-9-12-8(11)17-13-9/h2-6H,1H3. The molecule has 0 fully saturated rings. The van der Waals surface area contributed by atoms with E-state index in [4.69, 9.17) is 11.6 Å². The van der Waals surface area contributed by atoms with Gasteiger partial charge in [0.25, 0.3) is 5.24 Å². The van der Waals surface area contributed by atoms with Gasteiger partial charge in [0, 0.05) is 24.5 Å². The second-order valence-corrected chi connectivity index (χ2v) is 5.34. The number of anilines is 1. The van der Waals surface area contributed by atoms with Gasteiger partial charge in [-0.05, 0) is 35.3 Å². The fourth-order valence-electron chi connectivity index (χ4n) is 1.14. The molecular weight excluding hydrogens is 278 g/mol. The molecule has 1 aromatic heterocycles. The Bertz CT molecular complexity index is 517. The number of amides is 1. The van der Waals surface area contributed by atoms with Crippen molar-refractivity contribution in [2.75, 3.05) is 11.9 Å². The number of nitrogens with zero attached hydrogens (tertiary/aromatic N) is 3. The van der Waals surface area contributed by atoms with Gasteiger partial charge in [-0.1, -0.05) is 18.2 Å². The highest BCUT2D eigenvalue weighted by atomic mass is 35.5. The fourth-order valence-corrected chi connectivity index (χ4v) is 2.55. The Balaban J connectivity index is 2.06. The molecule has 0 N–H and O–H groups in total. The molecule has 0 aliphatic rings. The van der Waals surface area contributed by atoms with Gasteiger partial charge in [-0.25, -0.2) is 0 Å². The maximum absolute atomic E-state index is 11.9. The van der Waals surface area contributed by atoms with Crippen molar-refractivity contribution < 1.29 is 4.79 Å². The summed E-state index contributed by atoms with van der Waals surface area (Å²) < 4.78 is 4.28. The van der Waals surface area contributed by atoms with Gasteiger partial charge in [0.1, 0.15) is 0 Å². The third-order valence-corrected chi connectivity index (χ3v) is 3.71. The van der Waals surface area contributed by atoms with Crippen LogP contribution in [-0.2, 0) is 0 Å². The highest BCUT2D eigenvalue weighted by molar-refractivity contribution is 8.13. The lowest BCUT2D eigenvalue weighted by Crippen LogP contribution is -2.21. The summed E-state index contributed by atoms with van der Waals surface area (Å²) in [4.78, 5) is 17.3. The molecule has 0 spiro atoms. The van der Waals surface area contributed by atoms with E-state index < -0.39 is 0 Å². The van der Waals surface area contributed by atoms with Gasteiger partial charge in [0.15, 0.2) is 0 Å². The number of benzene rings is 1. The first kappa shape index (κ1) is 12.3. The Hall–Kier alpha value is -1.11. The molecule has 7 heteroatoms. The zero-order chi connectivity index (χ0) is 12.3. The summed E-state index contributed by atoms with van der Waals surface area (Å²) in [6, 6.07) is 9.38. The summed E-state index contributed by atoms with van der Waals surface area (Å²) >= 11 is 7.67. The smallest absolute Gasteiger partial charge is 0.293 e. The van der Waals surface area contributed by atoms with Crippen LogP contribution in [0.15, 0.2) is 35.5 Å². The summed E-state index contributed by atoms with van der Waals surface area (Å²) in [6.07, 6.45) is 0. The maximum Gasteiger partial charge on any atom is 0.293 e. The number of hydrogen-bond donors (Lipinski definition) is 0. The molecule has 0 saturated carbocycles. The van der Waals surface area contributed by atoms with E-state index in [0.717, 1.165) is 29.0 Å². The Morgan fingerprint density at radius 3 is 2.71 bits per heavy atom. The van der Waals surface area contributed by atoms with E-state index in [1.165, 1.54) is 0 Å². The zero-order valence-corrected chi connectivity index (χ0v) is 11.2. The number of halogens is 1. The monoisotopic (exact) mass is 285 g/mol. The molecule has 17 heavy (non-hydrogen) atoms. The summed E-state index contributed by atoms with van der Waals surface area (Å²) in [5.74, 6) is 0. The van der Waals surface area contributed by atoms with Crippen molar-refractivity contribution in [3.63, 3.8) is 0 Å². The molecule has 88 valence electrons. The molecule has 0 bridgehead atoms. The van der Waals surface area contributed by atoms with Crippen LogP contribution in [-0.4, -0.2) is 21.6 Å². The van der Waals surface area contributed by atoms with Crippen molar-refractivity contribution in [2.24, 2.45) is 0 Å². The first-order valence-electron chi connectivity index (χ1n) is 4.66. The minimum absolute atomic E-state index is 0.148. The van der Waals surface area contributed by atoms with Crippen molar-refractivity contribution in [1.29, 1.82) is 0 Å². The topological polar surface area (TPSA) is 46.1 Å². The van der Waals surface area contributed by atoms with E-state index >= 15 is 0 Å². The first-order valence-corrected chi connectivity index (χ1v) is 6.63. The van der Waals surface area contributed by atoms with Crippen LogP contribution in [0.25, 0.3) is 0 Å². The van der Waals surface area contributed by atoms with E-state index in [2.05, 4.69) is 9.36 Å². The highest BCUT2D eigenvalue weighted by Crippen LogP contribution is 2.24. The van der Waals surface area contributed by atoms with Crippen molar-refractivity contribution in [3.8, 4) is 0 Å². The molecule has 4 nitrogen and oxygen atoms in total. The number of hydrogen-bond acceptors (Lipinski definition) is 5. The van der Waals surface area contributed by atoms with Crippen LogP contribution in [0.1, 0.15) is 0 Å². The van der Waals surface area contributed by atoms with Gasteiger partial charge in [-0.2, -0.15) is 9.36 Å². The van der Waals surface area contributed by atoms with Crippen LogP contribution in [0.3, 0.4) is 0 Å². The molecule has 0 radical (unpaired) electrons. The predicted octanol–water partition coefficient (Wildman–Crippen LogP) is 3.54. The molecule has 1 aromatic carbocycles. The zero-order valence-electron chi connectivity index (χ0n) is 8.83. The Morgan fingerprint density at radius 2 is 2.12 bits per heavy atom. The summed E-state index contributed by atoms with van der Waals surface area (Å²) in [5, 5.41) is 0.235. The number of thioether (sulfide) groups is 1. The lowest BCUT2D eigenvalue weighted by molar-refractivity contribution is 0.266. The van der Waals surface area contributed by atoms with E-state index in [1.807, 2.05) is 30.3 Å². The predicted molar refractivity (Wildman–Crippen MR) is 71.0 cm³/mol. The molecule has 2 rings (SSSR count). The molecule has 1 amide bonds. The summed E-state index contributed by atoms with van der Waals surface area (Å²) in [6.45, 7) is 0. The van der Waals surface area contributed by atoms with E-state index in [1.54, 1.807) is 11.9 Å². The maximum atomic E-state index is 11.9. The minimum atomic E-state index is -0.148. The number of rotatable bonds is 2. The van der Waals surface area contributed by atoms with E-state index in [9.17, 15) is 4.79 Å². The largest absolute Gasteiger partial charge is 0.306 e. The second kappa shape index (κ2) is 5.48. The molecule has 2 aromatic rings. The first-order chi connectivity index (χ1) is 8.16. The van der Waals surface area contributed by atoms with E-state index in [0.29, 0.717) is 9.62 Å². The molecule has 0 aliphatic heterocycles. The second-order valence-electron chi connectivity index (χ2n) is 3.09. The normalized spacial score (nSPS) is 10.2. The molecular formula is C10H8ClN3OS2. The van der Waals surface area contributed by atoms with Crippen LogP contribution in [0.2, 0.25) is 4.47 Å². The third kappa shape index (κ3) is 3.18. The van der Waals surface area contributed by atoms with Gasteiger partial charge in [0.05, 0.1) is 0 Å². The van der Waals surface area contributed by atoms with Gasteiger partial charge in [-0.15, -0.1) is 0 Å². The molecule has 1 heterocycles. The van der Waals surface area contributed by atoms with Crippen molar-refractivity contribution >= 4 is 45.8 Å². The number of para-hydroxylation sites is 1. The number of carbonyl (C=O) groups is 1. The average Bonchev–Trinajstić information content (AvgIpc) is 2.75. The highest BCUT2D eigenvalue weighted by Gasteiger charge is 2.15. The lowest BCUT2D eigenvalue weighted by atomic mass is 10.3. The van der Waals surface area contributed by atoms with Gasteiger partial charge < -0.3 is 4.90 Å². The summed E-state index contributed by atoms with van der Waals surface area (Å²) in [5.41, 5.74) is 0.825. The SMILES string of the molecule is CN(C(=O)Sc1nsc(Cl)n1)c1ccccc1. The van der Waals surface area contributed by atoms with Crippen LogP contribution >= 0.6 is 34.9 Å². The van der Waals surface area contributed by atoms with E-state index in [-0.39, 0.29) is 5.24 Å². The van der Waals surface area contributed by atoms with Crippen molar-refractivity contribution in [2.45, 2.75) is 5.16 Å². The van der Waals surface area contributed by atoms with Crippen molar-refractivity contribution in [1.82, 2.24) is 9.36 Å². The molecule has 0 atom stereocenters. The quantitative estimate of drug-likeness (QED) is 0.792. The fraction of sp³-hybridized carbons (Fsp3) is 0.100. The molecule has 0 saturated heterocycles.